The number of carbonyl (C=O) groups is 4. The average Bonchev–Trinajstić information content (AvgIpc) is 2.62. The van der Waals surface area contributed by atoms with Gasteiger partial charge in [-0.2, -0.15) is 14.1 Å². The SMILES string of the molecule is C[N-]C(CC(=O)OC)C(=O)OC.C[N-]C(CC(=O)OC)C(=O)OC.[Y]. The first-order valence-electron chi connectivity index (χ1n) is 6.78. The van der Waals surface area contributed by atoms with E-state index in [-0.39, 0.29) is 45.6 Å². The van der Waals surface area contributed by atoms with Crippen LogP contribution in [-0.4, -0.2) is 78.5 Å². The van der Waals surface area contributed by atoms with Gasteiger partial charge in [0.1, 0.15) is 0 Å². The summed E-state index contributed by atoms with van der Waals surface area (Å²) in [4.78, 5) is 43.2. The van der Waals surface area contributed by atoms with Gasteiger partial charge in [-0.1, -0.05) is 0 Å². The standard InChI is InChI=1S/2C7H12NO4.Y/c2*1-8-5(7(10)12-3)4-6(9)11-2;/h2*5H,4H2,1-3H3;/q2*-1;. The minimum absolute atomic E-state index is 0. The Hall–Kier alpha value is -1.10. The molecule has 143 valence electrons. The third-order valence-corrected chi connectivity index (χ3v) is 2.75. The summed E-state index contributed by atoms with van der Waals surface area (Å²) in [5.74, 6) is -2.00. The number of likely N-dealkylation sites (N-methyl/N-ethyl adjacent to an activating group) is 2. The quantitative estimate of drug-likeness (QED) is 0.388. The molecule has 0 aromatic carbocycles. The van der Waals surface area contributed by atoms with E-state index in [0.717, 1.165) is 0 Å². The Morgan fingerprint density at radius 2 is 0.960 bits per heavy atom. The molecule has 0 amide bonds. The van der Waals surface area contributed by atoms with Gasteiger partial charge in [-0.3, -0.25) is 19.2 Å². The fraction of sp³-hybridized carbons (Fsp3) is 0.714. The van der Waals surface area contributed by atoms with Gasteiger partial charge in [0.25, 0.3) is 11.9 Å². The number of rotatable bonds is 8. The van der Waals surface area contributed by atoms with E-state index >= 15 is 0 Å². The molecule has 0 N–H and O–H groups in total. The zero-order chi connectivity index (χ0) is 19.1. The molecular weight excluding hydrogens is 413 g/mol. The normalized spacial score (nSPS) is 11.4. The molecule has 0 heterocycles. The minimum Gasteiger partial charge on any atom is -0.652 e. The number of hydrogen-bond acceptors (Lipinski definition) is 8. The van der Waals surface area contributed by atoms with E-state index in [1.807, 2.05) is 0 Å². The van der Waals surface area contributed by atoms with Crippen LogP contribution in [0.3, 0.4) is 0 Å². The maximum absolute atomic E-state index is 10.9. The van der Waals surface area contributed by atoms with E-state index in [9.17, 15) is 19.2 Å². The van der Waals surface area contributed by atoms with Crippen LogP contribution in [0.2, 0.25) is 0 Å². The predicted molar refractivity (Wildman–Crippen MR) is 83.4 cm³/mol. The zero-order valence-electron chi connectivity index (χ0n) is 15.3. The van der Waals surface area contributed by atoms with Gasteiger partial charge in [0.15, 0.2) is 0 Å². The van der Waals surface area contributed by atoms with Gasteiger partial charge in [0.05, 0.1) is 28.4 Å². The van der Waals surface area contributed by atoms with Crippen molar-refractivity contribution in [2.45, 2.75) is 24.9 Å². The summed E-state index contributed by atoms with van der Waals surface area (Å²) in [7, 11) is 7.91. The second-order valence-corrected chi connectivity index (χ2v) is 4.15. The predicted octanol–water partition coefficient (Wildman–Crippen LogP) is 0.187. The van der Waals surface area contributed by atoms with E-state index in [1.54, 1.807) is 0 Å². The van der Waals surface area contributed by atoms with E-state index in [4.69, 9.17) is 0 Å². The van der Waals surface area contributed by atoms with Crippen molar-refractivity contribution in [3.05, 3.63) is 10.6 Å². The summed E-state index contributed by atoms with van der Waals surface area (Å²) in [6.45, 7) is 0. The first kappa shape index (κ1) is 28.7. The first-order chi connectivity index (χ1) is 11.3. The van der Waals surface area contributed by atoms with E-state index in [0.29, 0.717) is 0 Å². The van der Waals surface area contributed by atoms with E-state index < -0.39 is 36.0 Å². The van der Waals surface area contributed by atoms with Crippen molar-refractivity contribution in [3.63, 3.8) is 0 Å². The van der Waals surface area contributed by atoms with Gasteiger partial charge in [-0.15, -0.1) is 0 Å². The van der Waals surface area contributed by atoms with Crippen LogP contribution >= 0.6 is 0 Å². The maximum atomic E-state index is 10.9. The van der Waals surface area contributed by atoms with Crippen LogP contribution in [0.15, 0.2) is 0 Å². The fourth-order valence-corrected chi connectivity index (χ4v) is 1.31. The van der Waals surface area contributed by atoms with Gasteiger partial charge >= 0.3 is 11.9 Å². The maximum Gasteiger partial charge on any atom is 0.304 e. The number of nitrogens with zero attached hydrogens (tertiary/aromatic N) is 2. The molecule has 0 saturated heterocycles. The molecule has 0 bridgehead atoms. The van der Waals surface area contributed by atoms with Crippen LogP contribution in [0.25, 0.3) is 10.6 Å². The molecule has 0 rings (SSSR count). The smallest absolute Gasteiger partial charge is 0.304 e. The van der Waals surface area contributed by atoms with Crippen molar-refractivity contribution >= 4 is 23.9 Å². The number of ether oxygens (including phenoxy) is 4. The molecule has 25 heavy (non-hydrogen) atoms. The molecule has 0 saturated carbocycles. The van der Waals surface area contributed by atoms with Crippen LogP contribution in [0, 0.1) is 0 Å². The van der Waals surface area contributed by atoms with Gasteiger partial charge in [-0.05, 0) is 12.1 Å². The minimum atomic E-state index is -0.748. The summed E-state index contributed by atoms with van der Waals surface area (Å²) in [5.41, 5.74) is 0. The molecule has 0 aliphatic carbocycles. The van der Waals surface area contributed by atoms with Crippen LogP contribution in [-0.2, 0) is 70.8 Å². The summed E-state index contributed by atoms with van der Waals surface area (Å²) < 4.78 is 17.6. The summed E-state index contributed by atoms with van der Waals surface area (Å²) in [6.07, 6.45) is -0.140. The summed E-state index contributed by atoms with van der Waals surface area (Å²) in [6, 6.07) is -1.50. The van der Waals surface area contributed by atoms with Crippen molar-refractivity contribution in [3.8, 4) is 0 Å². The largest absolute Gasteiger partial charge is 0.652 e. The Balaban J connectivity index is -0.000000372. The topological polar surface area (TPSA) is 133 Å². The van der Waals surface area contributed by atoms with Crippen LogP contribution in [0.5, 0.6) is 0 Å². The van der Waals surface area contributed by atoms with Crippen molar-refractivity contribution in [1.29, 1.82) is 0 Å². The first-order valence-corrected chi connectivity index (χ1v) is 6.78. The van der Waals surface area contributed by atoms with E-state index in [1.165, 1.54) is 42.5 Å². The van der Waals surface area contributed by atoms with Gasteiger partial charge in [0.2, 0.25) is 0 Å². The van der Waals surface area contributed by atoms with Gasteiger partial charge in [-0.25, -0.2) is 0 Å². The molecule has 0 aromatic heterocycles. The van der Waals surface area contributed by atoms with Crippen LogP contribution in [0.1, 0.15) is 12.8 Å². The molecular formula is C14H24N2O8Y-2. The molecule has 0 fully saturated rings. The van der Waals surface area contributed by atoms with E-state index in [2.05, 4.69) is 29.6 Å². The molecule has 0 aliphatic rings. The van der Waals surface area contributed by atoms with Crippen LogP contribution < -0.4 is 0 Å². The zero-order valence-corrected chi connectivity index (χ0v) is 18.1. The van der Waals surface area contributed by atoms with Gasteiger partial charge < -0.3 is 29.6 Å². The molecule has 1 radical (unpaired) electrons. The Morgan fingerprint density at radius 1 is 0.680 bits per heavy atom. The summed E-state index contributed by atoms with van der Waals surface area (Å²) in [5, 5.41) is 7.34. The molecule has 0 aromatic rings. The summed E-state index contributed by atoms with van der Waals surface area (Å²) >= 11 is 0. The van der Waals surface area contributed by atoms with Crippen molar-refractivity contribution < 1.29 is 70.8 Å². The van der Waals surface area contributed by atoms with Crippen molar-refractivity contribution in [2.24, 2.45) is 0 Å². The number of esters is 4. The molecule has 10 nitrogen and oxygen atoms in total. The molecule has 2 unspecified atom stereocenters. The second-order valence-electron chi connectivity index (χ2n) is 4.15. The number of carbonyl (C=O) groups excluding carboxylic acids is 4. The molecule has 2 atom stereocenters. The van der Waals surface area contributed by atoms with Gasteiger partial charge in [0, 0.05) is 45.6 Å². The molecule has 0 spiro atoms. The Morgan fingerprint density at radius 3 is 1.12 bits per heavy atom. The Kier molecular flexibility index (Phi) is 20.3. The third kappa shape index (κ3) is 13.8. The van der Waals surface area contributed by atoms with Crippen molar-refractivity contribution in [2.75, 3.05) is 42.5 Å². The average molecular weight is 437 g/mol. The fourth-order valence-electron chi connectivity index (χ4n) is 1.31. The Labute approximate surface area is 172 Å². The number of hydrogen-bond donors (Lipinski definition) is 0. The molecule has 0 aliphatic heterocycles. The third-order valence-electron chi connectivity index (χ3n) is 2.75. The van der Waals surface area contributed by atoms with Crippen molar-refractivity contribution in [1.82, 2.24) is 0 Å². The molecule has 11 heteroatoms. The Bertz CT molecular complexity index is 382. The monoisotopic (exact) mass is 437 g/mol. The second kappa shape index (κ2) is 17.7. The van der Waals surface area contributed by atoms with Crippen LogP contribution in [0.4, 0.5) is 0 Å². The number of methoxy groups -OCH3 is 4.